The second-order valence-corrected chi connectivity index (χ2v) is 6.28. The topological polar surface area (TPSA) is 89.2 Å². The fourth-order valence-corrected chi connectivity index (χ4v) is 3.02. The third-order valence-electron chi connectivity index (χ3n) is 4.38. The van der Waals surface area contributed by atoms with E-state index in [4.69, 9.17) is 4.42 Å². The molecule has 4 aromatic rings. The summed E-state index contributed by atoms with van der Waals surface area (Å²) in [6.45, 7) is 0.309. The molecule has 0 saturated carbocycles. The van der Waals surface area contributed by atoms with Gasteiger partial charge in [0.15, 0.2) is 5.76 Å². The predicted octanol–water partition coefficient (Wildman–Crippen LogP) is 3.35. The highest BCUT2D eigenvalue weighted by atomic mass is 16.3. The fourth-order valence-electron chi connectivity index (χ4n) is 3.02. The molecule has 2 amide bonds. The van der Waals surface area contributed by atoms with E-state index in [-0.39, 0.29) is 17.6 Å². The number of carbonyl (C=O) groups excluding carboxylic acids is 2. The second kappa shape index (κ2) is 7.40. The number of fused-ring (bicyclic) bond motifs is 1. The van der Waals surface area contributed by atoms with Gasteiger partial charge < -0.3 is 15.1 Å². The number of aryl methyl sites for hydroxylation is 1. The molecular formula is C21H18N4O3. The Hall–Kier alpha value is -3.87. The van der Waals surface area contributed by atoms with Crippen LogP contribution >= 0.6 is 0 Å². The minimum absolute atomic E-state index is 0.205. The van der Waals surface area contributed by atoms with E-state index in [2.05, 4.69) is 15.7 Å². The smallest absolute Gasteiger partial charge is 0.291 e. The summed E-state index contributed by atoms with van der Waals surface area (Å²) in [6, 6.07) is 17.8. The van der Waals surface area contributed by atoms with Crippen molar-refractivity contribution in [3.63, 3.8) is 0 Å². The van der Waals surface area contributed by atoms with Crippen LogP contribution in [0.25, 0.3) is 10.9 Å². The number of carbonyl (C=O) groups is 2. The first-order valence-electron chi connectivity index (χ1n) is 8.75. The van der Waals surface area contributed by atoms with Gasteiger partial charge in [-0.2, -0.15) is 5.10 Å². The molecule has 7 heteroatoms. The zero-order valence-corrected chi connectivity index (χ0v) is 15.2. The van der Waals surface area contributed by atoms with E-state index in [1.807, 2.05) is 31.3 Å². The van der Waals surface area contributed by atoms with Gasteiger partial charge in [0.1, 0.15) is 0 Å². The first kappa shape index (κ1) is 17.5. The number of nitrogens with one attached hydrogen (secondary N) is 2. The van der Waals surface area contributed by atoms with Crippen molar-refractivity contribution in [1.29, 1.82) is 0 Å². The Bertz CT molecular complexity index is 1150. The zero-order valence-electron chi connectivity index (χ0n) is 15.2. The number of aromatic nitrogens is 2. The molecule has 0 atom stereocenters. The maximum absolute atomic E-state index is 12.6. The van der Waals surface area contributed by atoms with Crippen LogP contribution in [0.2, 0.25) is 0 Å². The van der Waals surface area contributed by atoms with E-state index < -0.39 is 0 Å². The standard InChI is InChI=1S/C21H18N4O3/c1-25-18-9-3-2-8-16(18)17(24-25)13-22-20(26)14-6-4-7-15(12-14)23-21(27)19-10-5-11-28-19/h2-12H,13H2,1H3,(H,22,26)(H,23,27). The molecule has 2 heterocycles. The number of benzene rings is 2. The normalized spacial score (nSPS) is 10.8. The van der Waals surface area contributed by atoms with E-state index in [0.29, 0.717) is 17.8 Å². The van der Waals surface area contributed by atoms with Crippen molar-refractivity contribution < 1.29 is 14.0 Å². The predicted molar refractivity (Wildman–Crippen MR) is 105 cm³/mol. The minimum Gasteiger partial charge on any atom is -0.459 e. The Morgan fingerprint density at radius 3 is 2.71 bits per heavy atom. The van der Waals surface area contributed by atoms with Crippen molar-refractivity contribution in [1.82, 2.24) is 15.1 Å². The van der Waals surface area contributed by atoms with Gasteiger partial charge >= 0.3 is 0 Å². The molecule has 140 valence electrons. The molecule has 0 bridgehead atoms. The summed E-state index contributed by atoms with van der Waals surface area (Å²) in [5.74, 6) is -0.414. The van der Waals surface area contributed by atoms with Crippen LogP contribution in [0, 0.1) is 0 Å². The van der Waals surface area contributed by atoms with Crippen molar-refractivity contribution in [3.8, 4) is 0 Å². The number of rotatable bonds is 5. The third-order valence-corrected chi connectivity index (χ3v) is 4.38. The maximum atomic E-state index is 12.6. The van der Waals surface area contributed by atoms with Crippen LogP contribution in [0.3, 0.4) is 0 Å². The first-order chi connectivity index (χ1) is 13.6. The van der Waals surface area contributed by atoms with Gasteiger partial charge in [-0.25, -0.2) is 0 Å². The highest BCUT2D eigenvalue weighted by molar-refractivity contribution is 6.03. The Morgan fingerprint density at radius 2 is 1.89 bits per heavy atom. The number of para-hydroxylation sites is 1. The molecule has 0 radical (unpaired) electrons. The number of furan rings is 1. The highest BCUT2D eigenvalue weighted by Gasteiger charge is 2.13. The molecule has 2 N–H and O–H groups in total. The van der Waals surface area contributed by atoms with Crippen LogP contribution in [0.1, 0.15) is 26.6 Å². The molecule has 0 saturated heterocycles. The Labute approximate surface area is 161 Å². The van der Waals surface area contributed by atoms with Crippen molar-refractivity contribution in [2.24, 2.45) is 7.05 Å². The number of hydrogen-bond acceptors (Lipinski definition) is 4. The average Bonchev–Trinajstić information content (AvgIpc) is 3.35. The molecule has 0 aliphatic heterocycles. The quantitative estimate of drug-likeness (QED) is 0.561. The lowest BCUT2D eigenvalue weighted by atomic mass is 10.1. The molecule has 0 aliphatic carbocycles. The van der Waals surface area contributed by atoms with Gasteiger partial charge in [-0.1, -0.05) is 24.3 Å². The van der Waals surface area contributed by atoms with Gasteiger partial charge in [0.2, 0.25) is 0 Å². The van der Waals surface area contributed by atoms with Gasteiger partial charge in [-0.05, 0) is 36.4 Å². The van der Waals surface area contributed by atoms with Crippen LogP contribution in [-0.2, 0) is 13.6 Å². The second-order valence-electron chi connectivity index (χ2n) is 6.28. The highest BCUT2D eigenvalue weighted by Crippen LogP contribution is 2.18. The van der Waals surface area contributed by atoms with Crippen LogP contribution in [-0.4, -0.2) is 21.6 Å². The largest absolute Gasteiger partial charge is 0.459 e. The molecule has 28 heavy (non-hydrogen) atoms. The average molecular weight is 374 g/mol. The van der Waals surface area contributed by atoms with Gasteiger partial charge in [0.05, 0.1) is 24.0 Å². The number of hydrogen-bond donors (Lipinski definition) is 2. The van der Waals surface area contributed by atoms with Crippen molar-refractivity contribution in [3.05, 3.63) is 83.9 Å². The third kappa shape index (κ3) is 3.50. The summed E-state index contributed by atoms with van der Waals surface area (Å²) in [5, 5.41) is 11.1. The van der Waals surface area contributed by atoms with Gasteiger partial charge in [0.25, 0.3) is 11.8 Å². The van der Waals surface area contributed by atoms with Crippen molar-refractivity contribution >= 4 is 28.4 Å². The van der Waals surface area contributed by atoms with Crippen LogP contribution in [0.5, 0.6) is 0 Å². The molecule has 0 fully saturated rings. The lowest BCUT2D eigenvalue weighted by Crippen LogP contribution is -2.23. The molecule has 4 rings (SSSR count). The van der Waals surface area contributed by atoms with Gasteiger partial charge in [-0.15, -0.1) is 0 Å². The van der Waals surface area contributed by atoms with E-state index in [0.717, 1.165) is 16.6 Å². The fraction of sp³-hybridized carbons (Fsp3) is 0.0952. The summed E-state index contributed by atoms with van der Waals surface area (Å²) in [7, 11) is 1.87. The SMILES string of the molecule is Cn1nc(CNC(=O)c2cccc(NC(=O)c3ccco3)c2)c2ccccc21. The number of amides is 2. The summed E-state index contributed by atoms with van der Waals surface area (Å²) < 4.78 is 6.86. The maximum Gasteiger partial charge on any atom is 0.291 e. The summed E-state index contributed by atoms with van der Waals surface area (Å²) in [6.07, 6.45) is 1.43. The van der Waals surface area contributed by atoms with E-state index in [1.165, 1.54) is 6.26 Å². The van der Waals surface area contributed by atoms with Gasteiger partial charge in [0, 0.05) is 23.7 Å². The van der Waals surface area contributed by atoms with Crippen molar-refractivity contribution in [2.75, 3.05) is 5.32 Å². The first-order valence-corrected chi connectivity index (χ1v) is 8.75. The van der Waals surface area contributed by atoms with Crippen LogP contribution < -0.4 is 10.6 Å². The number of nitrogens with zero attached hydrogens (tertiary/aromatic N) is 2. The lowest BCUT2D eigenvalue weighted by molar-refractivity contribution is 0.0948. The summed E-state index contributed by atoms with van der Waals surface area (Å²) >= 11 is 0. The molecule has 2 aromatic carbocycles. The molecule has 7 nitrogen and oxygen atoms in total. The molecule has 0 spiro atoms. The number of anilines is 1. The van der Waals surface area contributed by atoms with Crippen LogP contribution in [0.15, 0.2) is 71.3 Å². The lowest BCUT2D eigenvalue weighted by Gasteiger charge is -2.07. The van der Waals surface area contributed by atoms with Crippen molar-refractivity contribution in [2.45, 2.75) is 6.54 Å². The molecule has 2 aromatic heterocycles. The van der Waals surface area contributed by atoms with E-state index >= 15 is 0 Å². The molecule has 0 aliphatic rings. The van der Waals surface area contributed by atoms with E-state index in [9.17, 15) is 9.59 Å². The zero-order chi connectivity index (χ0) is 19.5. The molecule has 0 unspecified atom stereocenters. The molecular weight excluding hydrogens is 356 g/mol. The Balaban J connectivity index is 1.45. The Kier molecular flexibility index (Phi) is 4.63. The summed E-state index contributed by atoms with van der Waals surface area (Å²) in [5.41, 5.74) is 2.76. The Morgan fingerprint density at radius 1 is 1.04 bits per heavy atom. The van der Waals surface area contributed by atoms with Gasteiger partial charge in [-0.3, -0.25) is 14.3 Å². The van der Waals surface area contributed by atoms with E-state index in [1.54, 1.807) is 41.1 Å². The van der Waals surface area contributed by atoms with Crippen LogP contribution in [0.4, 0.5) is 5.69 Å². The monoisotopic (exact) mass is 374 g/mol. The summed E-state index contributed by atoms with van der Waals surface area (Å²) in [4.78, 5) is 24.6. The minimum atomic E-state index is -0.373.